The van der Waals surface area contributed by atoms with Crippen molar-refractivity contribution in [1.82, 2.24) is 19.3 Å². The standard InChI is InChI=1S/C23H25N5O2/c1-4-26-7-8-27(13-16(26)3)18-6-5-17-9-21(30-23(29)19(17)10-18)20-14-28-12-15(2)24-11-22(28)25-20/h5-6,9-12,14,16H,4,7-8,13H2,1-3H3. The Labute approximate surface area is 174 Å². The molecule has 0 N–H and O–H groups in total. The lowest BCUT2D eigenvalue weighted by atomic mass is 10.1. The normalized spacial score (nSPS) is 17.8. The number of rotatable bonds is 3. The SMILES string of the molecule is CCN1CCN(c2ccc3cc(-c4cn5cc(C)ncc5n4)oc(=O)c3c2)CC1C. The van der Waals surface area contributed by atoms with Crippen LogP contribution in [0.4, 0.5) is 5.69 Å². The number of imidazole rings is 1. The van der Waals surface area contributed by atoms with E-state index in [0.29, 0.717) is 28.5 Å². The molecule has 1 aliphatic rings. The summed E-state index contributed by atoms with van der Waals surface area (Å²) in [5.74, 6) is 0.465. The second kappa shape index (κ2) is 7.25. The van der Waals surface area contributed by atoms with E-state index in [1.54, 1.807) is 6.20 Å². The molecule has 1 atom stereocenters. The average Bonchev–Trinajstić information content (AvgIpc) is 3.16. The van der Waals surface area contributed by atoms with Crippen molar-refractivity contribution >= 4 is 22.1 Å². The monoisotopic (exact) mass is 403 g/mol. The summed E-state index contributed by atoms with van der Waals surface area (Å²) in [5, 5.41) is 1.46. The maximum atomic E-state index is 12.8. The third kappa shape index (κ3) is 3.25. The van der Waals surface area contributed by atoms with Crippen molar-refractivity contribution in [3.8, 4) is 11.5 Å². The molecule has 1 unspecified atom stereocenters. The molecule has 0 bridgehead atoms. The fourth-order valence-corrected chi connectivity index (χ4v) is 4.31. The highest BCUT2D eigenvalue weighted by Gasteiger charge is 2.23. The summed E-state index contributed by atoms with van der Waals surface area (Å²) < 4.78 is 7.55. The molecule has 4 heterocycles. The molecule has 7 heteroatoms. The van der Waals surface area contributed by atoms with Crippen molar-refractivity contribution in [3.05, 3.63) is 59.0 Å². The van der Waals surface area contributed by atoms with E-state index in [4.69, 9.17) is 4.42 Å². The quantitative estimate of drug-likeness (QED) is 0.523. The Morgan fingerprint density at radius 3 is 2.87 bits per heavy atom. The fraction of sp³-hybridized carbons (Fsp3) is 0.348. The van der Waals surface area contributed by atoms with Crippen molar-refractivity contribution in [1.29, 1.82) is 0 Å². The molecule has 154 valence electrons. The highest BCUT2D eigenvalue weighted by Crippen LogP contribution is 2.26. The average molecular weight is 403 g/mol. The Kier molecular flexibility index (Phi) is 4.55. The summed E-state index contributed by atoms with van der Waals surface area (Å²) in [6.07, 6.45) is 5.47. The van der Waals surface area contributed by atoms with E-state index in [9.17, 15) is 4.79 Å². The van der Waals surface area contributed by atoms with Crippen LogP contribution in [0.3, 0.4) is 0 Å². The van der Waals surface area contributed by atoms with Crippen molar-refractivity contribution < 1.29 is 4.42 Å². The zero-order valence-corrected chi connectivity index (χ0v) is 17.5. The summed E-state index contributed by atoms with van der Waals surface area (Å²) in [4.78, 5) is 26.4. The molecule has 0 spiro atoms. The molecule has 5 rings (SSSR count). The van der Waals surface area contributed by atoms with E-state index < -0.39 is 0 Å². The van der Waals surface area contributed by atoms with E-state index in [1.807, 2.05) is 41.9 Å². The number of likely N-dealkylation sites (N-methyl/N-ethyl adjacent to an activating group) is 1. The molecule has 30 heavy (non-hydrogen) atoms. The number of aromatic nitrogens is 3. The molecular formula is C23H25N5O2. The molecule has 1 fully saturated rings. The Morgan fingerprint density at radius 1 is 1.20 bits per heavy atom. The lowest BCUT2D eigenvalue weighted by molar-refractivity contribution is 0.199. The number of hydrogen-bond acceptors (Lipinski definition) is 6. The second-order valence-corrected chi connectivity index (χ2v) is 8.01. The van der Waals surface area contributed by atoms with Gasteiger partial charge < -0.3 is 13.7 Å². The Morgan fingerprint density at radius 2 is 2.07 bits per heavy atom. The largest absolute Gasteiger partial charge is 0.421 e. The van der Waals surface area contributed by atoms with Crippen LogP contribution in [0.25, 0.3) is 27.9 Å². The van der Waals surface area contributed by atoms with Crippen LogP contribution in [0.2, 0.25) is 0 Å². The van der Waals surface area contributed by atoms with Gasteiger partial charge in [0.2, 0.25) is 0 Å². The molecule has 0 radical (unpaired) electrons. The lowest BCUT2D eigenvalue weighted by Gasteiger charge is -2.40. The predicted molar refractivity (Wildman–Crippen MR) is 118 cm³/mol. The zero-order valence-electron chi connectivity index (χ0n) is 17.5. The molecule has 3 aromatic heterocycles. The van der Waals surface area contributed by atoms with Crippen molar-refractivity contribution in [2.24, 2.45) is 0 Å². The van der Waals surface area contributed by atoms with Crippen LogP contribution in [0.5, 0.6) is 0 Å². The van der Waals surface area contributed by atoms with Crippen molar-refractivity contribution in [2.75, 3.05) is 31.1 Å². The first-order chi connectivity index (χ1) is 14.5. The van der Waals surface area contributed by atoms with E-state index in [1.165, 1.54) is 0 Å². The first-order valence-electron chi connectivity index (χ1n) is 10.4. The minimum atomic E-state index is -0.337. The Bertz CT molecular complexity index is 1290. The van der Waals surface area contributed by atoms with Gasteiger partial charge in [-0.3, -0.25) is 9.88 Å². The van der Waals surface area contributed by atoms with Crippen molar-refractivity contribution in [3.63, 3.8) is 0 Å². The molecule has 0 aliphatic carbocycles. The van der Waals surface area contributed by atoms with Gasteiger partial charge in [0.25, 0.3) is 0 Å². The predicted octanol–water partition coefficient (Wildman–Crippen LogP) is 3.34. The number of nitrogens with zero attached hydrogens (tertiary/aromatic N) is 5. The first kappa shape index (κ1) is 18.8. The van der Waals surface area contributed by atoms with Gasteiger partial charge >= 0.3 is 5.63 Å². The lowest BCUT2D eigenvalue weighted by Crippen LogP contribution is -2.51. The number of benzene rings is 1. The van der Waals surface area contributed by atoms with Crippen LogP contribution in [-0.4, -0.2) is 51.5 Å². The summed E-state index contributed by atoms with van der Waals surface area (Å²) >= 11 is 0. The van der Waals surface area contributed by atoms with Gasteiger partial charge in [-0.1, -0.05) is 13.0 Å². The summed E-state index contributed by atoms with van der Waals surface area (Å²) in [7, 11) is 0. The first-order valence-corrected chi connectivity index (χ1v) is 10.4. The number of fused-ring (bicyclic) bond motifs is 2. The van der Waals surface area contributed by atoms with Gasteiger partial charge in [0.15, 0.2) is 11.4 Å². The number of aryl methyl sites for hydroxylation is 1. The zero-order chi connectivity index (χ0) is 20.8. The van der Waals surface area contributed by atoms with Crippen LogP contribution in [0, 0.1) is 6.92 Å². The third-order valence-corrected chi connectivity index (χ3v) is 6.01. The fourth-order valence-electron chi connectivity index (χ4n) is 4.31. The van der Waals surface area contributed by atoms with E-state index in [2.05, 4.69) is 39.7 Å². The molecular weight excluding hydrogens is 378 g/mol. The van der Waals surface area contributed by atoms with Gasteiger partial charge in [-0.2, -0.15) is 0 Å². The topological polar surface area (TPSA) is 66.9 Å². The molecule has 1 aromatic carbocycles. The maximum absolute atomic E-state index is 12.8. The van der Waals surface area contributed by atoms with Gasteiger partial charge in [-0.05, 0) is 44.0 Å². The molecule has 0 saturated carbocycles. The molecule has 7 nitrogen and oxygen atoms in total. The highest BCUT2D eigenvalue weighted by molar-refractivity contribution is 5.87. The smallest absolute Gasteiger partial charge is 0.344 e. The van der Waals surface area contributed by atoms with Gasteiger partial charge in [0.1, 0.15) is 5.69 Å². The molecule has 4 aromatic rings. The van der Waals surface area contributed by atoms with E-state index >= 15 is 0 Å². The minimum Gasteiger partial charge on any atom is -0.421 e. The van der Waals surface area contributed by atoms with Crippen LogP contribution in [-0.2, 0) is 0 Å². The molecule has 0 amide bonds. The maximum Gasteiger partial charge on any atom is 0.344 e. The summed E-state index contributed by atoms with van der Waals surface area (Å²) in [6, 6.07) is 8.43. The molecule has 1 saturated heterocycles. The minimum absolute atomic E-state index is 0.337. The number of anilines is 1. The van der Waals surface area contributed by atoms with Crippen LogP contribution in [0.15, 0.2) is 52.1 Å². The van der Waals surface area contributed by atoms with Crippen LogP contribution < -0.4 is 10.5 Å². The Hall–Kier alpha value is -3.19. The Balaban J connectivity index is 1.50. The molecule has 1 aliphatic heterocycles. The number of piperazine rings is 1. The van der Waals surface area contributed by atoms with Crippen LogP contribution >= 0.6 is 0 Å². The summed E-state index contributed by atoms with van der Waals surface area (Å²) in [6.45, 7) is 10.4. The second-order valence-electron chi connectivity index (χ2n) is 8.01. The highest BCUT2D eigenvalue weighted by atomic mass is 16.4. The van der Waals surface area contributed by atoms with Gasteiger partial charge in [-0.15, -0.1) is 0 Å². The van der Waals surface area contributed by atoms with E-state index in [0.717, 1.165) is 42.9 Å². The summed E-state index contributed by atoms with van der Waals surface area (Å²) in [5.41, 5.74) is 2.97. The third-order valence-electron chi connectivity index (χ3n) is 6.01. The van der Waals surface area contributed by atoms with Gasteiger partial charge in [0.05, 0.1) is 17.3 Å². The van der Waals surface area contributed by atoms with Crippen molar-refractivity contribution in [2.45, 2.75) is 26.8 Å². The van der Waals surface area contributed by atoms with Gasteiger partial charge in [0, 0.05) is 43.8 Å². The number of hydrogen-bond donors (Lipinski definition) is 0. The van der Waals surface area contributed by atoms with E-state index in [-0.39, 0.29) is 5.63 Å². The van der Waals surface area contributed by atoms with Crippen LogP contribution in [0.1, 0.15) is 19.5 Å². The van der Waals surface area contributed by atoms with Gasteiger partial charge in [-0.25, -0.2) is 9.78 Å².